The van der Waals surface area contributed by atoms with Gasteiger partial charge in [-0.3, -0.25) is 9.59 Å². The molecular weight excluding hydrogens is 368 g/mol. The highest BCUT2D eigenvalue weighted by atomic mass is 16.5. The third-order valence-electron chi connectivity index (χ3n) is 5.84. The summed E-state index contributed by atoms with van der Waals surface area (Å²) in [5.41, 5.74) is 3.32. The van der Waals surface area contributed by atoms with Crippen LogP contribution in [0.15, 0.2) is 42.5 Å². The molecule has 0 radical (unpaired) electrons. The van der Waals surface area contributed by atoms with Gasteiger partial charge in [-0.2, -0.15) is 0 Å². The summed E-state index contributed by atoms with van der Waals surface area (Å²) in [6, 6.07) is 13.7. The van der Waals surface area contributed by atoms with Gasteiger partial charge in [0.2, 0.25) is 11.8 Å². The number of methoxy groups -OCH3 is 2. The van der Waals surface area contributed by atoms with Crippen LogP contribution in [0.25, 0.3) is 0 Å². The van der Waals surface area contributed by atoms with Gasteiger partial charge in [0.1, 0.15) is 0 Å². The van der Waals surface area contributed by atoms with Gasteiger partial charge in [0.25, 0.3) is 0 Å². The molecule has 1 N–H and O–H groups in total. The number of aryl methyl sites for hydroxylation is 1. The fourth-order valence-electron chi connectivity index (χ4n) is 4.28. The summed E-state index contributed by atoms with van der Waals surface area (Å²) in [5, 5.41) is 3.16. The average Bonchev–Trinajstić information content (AvgIpc) is 3.30. The van der Waals surface area contributed by atoms with E-state index in [9.17, 15) is 9.59 Å². The van der Waals surface area contributed by atoms with Gasteiger partial charge in [-0.15, -0.1) is 0 Å². The summed E-state index contributed by atoms with van der Waals surface area (Å²) in [6.45, 7) is 1.01. The maximum Gasteiger partial charge on any atom is 0.225 e. The maximum atomic E-state index is 12.9. The zero-order chi connectivity index (χ0) is 20.4. The van der Waals surface area contributed by atoms with Crippen molar-refractivity contribution in [3.8, 4) is 11.5 Å². The zero-order valence-electron chi connectivity index (χ0n) is 16.8. The van der Waals surface area contributed by atoms with E-state index in [0.29, 0.717) is 24.6 Å². The van der Waals surface area contributed by atoms with Crippen molar-refractivity contribution in [2.24, 2.45) is 5.92 Å². The van der Waals surface area contributed by atoms with Crippen LogP contribution in [0.3, 0.4) is 0 Å². The highest BCUT2D eigenvalue weighted by Gasteiger charge is 2.36. The second-order valence-electron chi connectivity index (χ2n) is 7.67. The van der Waals surface area contributed by atoms with Crippen LogP contribution in [0.2, 0.25) is 0 Å². The quantitative estimate of drug-likeness (QED) is 0.818. The molecular formula is C23H26N2O4. The molecule has 0 bridgehead atoms. The van der Waals surface area contributed by atoms with Crippen molar-refractivity contribution in [2.75, 3.05) is 20.8 Å². The Hall–Kier alpha value is -3.02. The van der Waals surface area contributed by atoms with E-state index in [0.717, 1.165) is 24.0 Å². The number of amides is 2. The third-order valence-corrected chi connectivity index (χ3v) is 5.84. The van der Waals surface area contributed by atoms with Crippen molar-refractivity contribution >= 4 is 11.8 Å². The molecule has 6 nitrogen and oxygen atoms in total. The number of benzene rings is 2. The lowest BCUT2D eigenvalue weighted by atomic mass is 10.0. The first kappa shape index (κ1) is 19.3. The van der Waals surface area contributed by atoms with Gasteiger partial charge in [0.15, 0.2) is 11.5 Å². The molecule has 0 saturated carbocycles. The Balaban J connectivity index is 1.42. The van der Waals surface area contributed by atoms with Gasteiger partial charge >= 0.3 is 0 Å². The second kappa shape index (κ2) is 8.15. The number of carbonyl (C=O) groups is 2. The van der Waals surface area contributed by atoms with Crippen LogP contribution in [0, 0.1) is 5.92 Å². The number of hydrogen-bond donors (Lipinski definition) is 1. The summed E-state index contributed by atoms with van der Waals surface area (Å²) in [5.74, 6) is 1.04. The van der Waals surface area contributed by atoms with Crippen molar-refractivity contribution in [1.29, 1.82) is 0 Å². The number of likely N-dealkylation sites (tertiary alicyclic amines) is 1. The minimum Gasteiger partial charge on any atom is -0.493 e. The molecule has 4 rings (SSSR count). The van der Waals surface area contributed by atoms with E-state index in [1.54, 1.807) is 19.1 Å². The molecule has 2 amide bonds. The lowest BCUT2D eigenvalue weighted by Crippen LogP contribution is -2.34. The van der Waals surface area contributed by atoms with E-state index in [1.165, 1.54) is 5.56 Å². The normalized spacial score (nSPS) is 20.5. The molecule has 1 saturated heterocycles. The first-order chi connectivity index (χ1) is 14.1. The number of carbonyl (C=O) groups excluding carboxylic acids is 2. The topological polar surface area (TPSA) is 67.9 Å². The first-order valence-corrected chi connectivity index (χ1v) is 9.96. The molecule has 1 aliphatic heterocycles. The zero-order valence-corrected chi connectivity index (χ0v) is 16.8. The van der Waals surface area contributed by atoms with Crippen molar-refractivity contribution in [3.05, 3.63) is 59.2 Å². The van der Waals surface area contributed by atoms with Crippen LogP contribution in [-0.4, -0.2) is 37.5 Å². The van der Waals surface area contributed by atoms with Crippen LogP contribution in [0.1, 0.15) is 35.6 Å². The highest BCUT2D eigenvalue weighted by Crippen LogP contribution is 2.39. The Kier molecular flexibility index (Phi) is 5.43. The lowest BCUT2D eigenvalue weighted by Gasteiger charge is -2.19. The minimum absolute atomic E-state index is 0.0345. The standard InChI is InChI=1S/C23H26N2O4/c1-28-20-10-16-8-9-19(18(16)12-21(20)29-2)24-23(27)17-11-22(26)25(14-17)13-15-6-4-3-5-7-15/h3-7,10,12,17,19H,8-9,11,13-14H2,1-2H3,(H,24,27)/t17-,19+/m1/s1. The molecule has 152 valence electrons. The predicted molar refractivity (Wildman–Crippen MR) is 109 cm³/mol. The molecule has 29 heavy (non-hydrogen) atoms. The molecule has 1 aliphatic carbocycles. The molecule has 1 fully saturated rings. The molecule has 0 unspecified atom stereocenters. The number of ether oxygens (including phenoxy) is 2. The molecule has 0 aromatic heterocycles. The maximum absolute atomic E-state index is 12.9. The van der Waals surface area contributed by atoms with Crippen molar-refractivity contribution in [1.82, 2.24) is 10.2 Å². The van der Waals surface area contributed by atoms with Crippen LogP contribution in [-0.2, 0) is 22.6 Å². The van der Waals surface area contributed by atoms with E-state index >= 15 is 0 Å². The van der Waals surface area contributed by atoms with Gasteiger partial charge in [-0.1, -0.05) is 30.3 Å². The SMILES string of the molecule is COc1cc2c(cc1OC)[C@@H](NC(=O)[C@@H]1CC(=O)N(Cc3ccccc3)C1)CC2. The molecule has 2 aliphatic rings. The molecule has 1 heterocycles. The number of nitrogens with zero attached hydrogens (tertiary/aromatic N) is 1. The van der Waals surface area contributed by atoms with Gasteiger partial charge < -0.3 is 19.7 Å². The van der Waals surface area contributed by atoms with Gasteiger partial charge in [0.05, 0.1) is 26.2 Å². The molecule has 2 aromatic rings. The largest absolute Gasteiger partial charge is 0.493 e. The summed E-state index contributed by atoms with van der Waals surface area (Å²) < 4.78 is 10.8. The number of rotatable bonds is 6. The second-order valence-corrected chi connectivity index (χ2v) is 7.67. The van der Waals surface area contributed by atoms with Crippen molar-refractivity contribution in [2.45, 2.75) is 31.8 Å². The first-order valence-electron chi connectivity index (χ1n) is 9.96. The fraction of sp³-hybridized carbons (Fsp3) is 0.391. The van der Waals surface area contributed by atoms with Crippen LogP contribution < -0.4 is 14.8 Å². The highest BCUT2D eigenvalue weighted by molar-refractivity contribution is 5.89. The van der Waals surface area contributed by atoms with Crippen LogP contribution in [0.4, 0.5) is 0 Å². The van der Waals surface area contributed by atoms with Gasteiger partial charge in [-0.05, 0) is 41.7 Å². The summed E-state index contributed by atoms with van der Waals surface area (Å²) in [7, 11) is 3.23. The van der Waals surface area contributed by atoms with E-state index in [-0.39, 0.29) is 30.2 Å². The summed E-state index contributed by atoms with van der Waals surface area (Å²) in [6.07, 6.45) is 1.99. The van der Waals surface area contributed by atoms with E-state index in [4.69, 9.17) is 9.47 Å². The van der Waals surface area contributed by atoms with Crippen LogP contribution >= 0.6 is 0 Å². The third kappa shape index (κ3) is 3.92. The van der Waals surface area contributed by atoms with Crippen molar-refractivity contribution < 1.29 is 19.1 Å². The van der Waals surface area contributed by atoms with Crippen molar-refractivity contribution in [3.63, 3.8) is 0 Å². The minimum atomic E-state index is -0.310. The summed E-state index contributed by atoms with van der Waals surface area (Å²) in [4.78, 5) is 27.1. The number of fused-ring (bicyclic) bond motifs is 1. The van der Waals surface area contributed by atoms with E-state index < -0.39 is 0 Å². The summed E-state index contributed by atoms with van der Waals surface area (Å²) >= 11 is 0. The Bertz CT molecular complexity index is 913. The average molecular weight is 394 g/mol. The number of hydrogen-bond acceptors (Lipinski definition) is 4. The Morgan fingerprint density at radius 2 is 1.86 bits per heavy atom. The Morgan fingerprint density at radius 3 is 2.59 bits per heavy atom. The Labute approximate surface area is 170 Å². The monoisotopic (exact) mass is 394 g/mol. The molecule has 0 spiro atoms. The van der Waals surface area contributed by atoms with E-state index in [2.05, 4.69) is 5.32 Å². The van der Waals surface area contributed by atoms with Gasteiger partial charge in [0, 0.05) is 19.5 Å². The lowest BCUT2D eigenvalue weighted by molar-refractivity contribution is -0.129. The molecule has 2 aromatic carbocycles. The molecule has 6 heteroatoms. The smallest absolute Gasteiger partial charge is 0.225 e. The number of nitrogens with one attached hydrogen (secondary N) is 1. The Morgan fingerprint density at radius 1 is 1.14 bits per heavy atom. The fourth-order valence-corrected chi connectivity index (χ4v) is 4.28. The van der Waals surface area contributed by atoms with Crippen LogP contribution in [0.5, 0.6) is 11.5 Å². The van der Waals surface area contributed by atoms with Gasteiger partial charge in [-0.25, -0.2) is 0 Å². The predicted octanol–water partition coefficient (Wildman–Crippen LogP) is 2.86. The van der Waals surface area contributed by atoms with E-state index in [1.807, 2.05) is 42.5 Å². The molecule has 2 atom stereocenters.